The first-order valence-electron chi connectivity index (χ1n) is 14.8. The Bertz CT molecular complexity index is 2360. The summed E-state index contributed by atoms with van der Waals surface area (Å²) in [7, 11) is 0. The number of aryl methyl sites for hydroxylation is 2. The molecule has 0 saturated heterocycles. The predicted molar refractivity (Wildman–Crippen MR) is 200 cm³/mol. The maximum absolute atomic E-state index is 6.46. The molecule has 10 heteroatoms. The van der Waals surface area contributed by atoms with Crippen LogP contribution in [0.2, 0.25) is 0 Å². The van der Waals surface area contributed by atoms with Gasteiger partial charge in [0.2, 0.25) is 0 Å². The van der Waals surface area contributed by atoms with Crippen molar-refractivity contribution in [3.05, 3.63) is 96.1 Å². The van der Waals surface area contributed by atoms with E-state index in [0.29, 0.717) is 34.1 Å². The number of rotatable bonds is 6. The molecule has 46 heavy (non-hydrogen) atoms. The molecule has 7 aromatic carbocycles. The quantitative estimate of drug-likeness (QED) is 0.0518. The van der Waals surface area contributed by atoms with Crippen molar-refractivity contribution in [2.45, 2.75) is 13.8 Å². The Morgan fingerprint density at radius 1 is 0.326 bits per heavy atom. The largest absolute Gasteiger partial charge is 0.398 e. The molecule has 16 N–H and O–H groups in total. The fourth-order valence-corrected chi connectivity index (χ4v) is 6.06. The van der Waals surface area contributed by atoms with Crippen LogP contribution in [0.1, 0.15) is 11.1 Å². The van der Waals surface area contributed by atoms with Gasteiger partial charge < -0.3 is 50.7 Å². The van der Waals surface area contributed by atoms with Crippen LogP contribution in [0, 0.1) is 13.8 Å². The molecule has 0 amide bonds. The second kappa shape index (κ2) is 10.6. The Hall–Kier alpha value is -6.42. The van der Waals surface area contributed by atoms with E-state index in [1.807, 2.05) is 36.4 Å². The van der Waals surface area contributed by atoms with E-state index in [-0.39, 0.29) is 0 Å². The van der Waals surface area contributed by atoms with Crippen molar-refractivity contribution in [2.24, 2.45) is 0 Å². The Kier molecular flexibility index (Phi) is 6.56. The maximum atomic E-state index is 6.46. The van der Waals surface area contributed by atoms with Gasteiger partial charge in [-0.2, -0.15) is 0 Å². The summed E-state index contributed by atoms with van der Waals surface area (Å²) in [5.41, 5.74) is 59.7. The molecule has 7 aromatic rings. The van der Waals surface area contributed by atoms with Crippen molar-refractivity contribution in [3.8, 4) is 0 Å². The van der Waals surface area contributed by atoms with Crippen molar-refractivity contribution in [3.63, 3.8) is 0 Å². The highest BCUT2D eigenvalue weighted by Gasteiger charge is 2.12. The SMILES string of the molecule is Cc1cc2cc(NNc3ccc(N)c4c(N)ccc(N)c34)c(C)cc2cc1NNc1cc2cc3cc(N)c(N)cc3cc2cc1N. The van der Waals surface area contributed by atoms with E-state index >= 15 is 0 Å². The van der Waals surface area contributed by atoms with E-state index in [0.717, 1.165) is 77.0 Å². The molecular formula is C36H36N10. The van der Waals surface area contributed by atoms with Gasteiger partial charge in [0.05, 0.1) is 39.8 Å². The smallest absolute Gasteiger partial charge is 0.0775 e. The van der Waals surface area contributed by atoms with Crippen molar-refractivity contribution >= 4 is 100.0 Å². The van der Waals surface area contributed by atoms with Gasteiger partial charge in [0.15, 0.2) is 0 Å². The van der Waals surface area contributed by atoms with Gasteiger partial charge in [0, 0.05) is 27.8 Å². The normalized spacial score (nSPS) is 11.3. The summed E-state index contributed by atoms with van der Waals surface area (Å²) in [5.74, 6) is 0. The van der Waals surface area contributed by atoms with Crippen LogP contribution in [0.5, 0.6) is 0 Å². The molecule has 0 radical (unpaired) electrons. The summed E-state index contributed by atoms with van der Waals surface area (Å²) in [6, 6.07) is 27.7. The monoisotopic (exact) mass is 608 g/mol. The number of nitrogen functional groups attached to an aromatic ring is 6. The lowest BCUT2D eigenvalue weighted by Crippen LogP contribution is -2.12. The first-order valence-corrected chi connectivity index (χ1v) is 14.8. The fourth-order valence-electron chi connectivity index (χ4n) is 6.06. The van der Waals surface area contributed by atoms with Crippen LogP contribution in [-0.4, -0.2) is 0 Å². The van der Waals surface area contributed by atoms with Gasteiger partial charge in [-0.05, 0) is 142 Å². The molecule has 0 unspecified atom stereocenters. The standard InChI is InChI=1S/C36H36N10/c1-17-7-20-15-33(45-46-34-16-24-10-22-12-29(41)28(40)11-21(22)9-23(24)13-30(34)42)18(2)8-19(20)14-32(17)44-43-31-6-5-26(38)35-25(37)3-4-27(39)36(31)35/h3-16,43-46H,37-42H2,1-2H3. The van der Waals surface area contributed by atoms with E-state index < -0.39 is 0 Å². The molecule has 0 saturated carbocycles. The van der Waals surface area contributed by atoms with Crippen molar-refractivity contribution in [1.29, 1.82) is 0 Å². The highest BCUT2D eigenvalue weighted by Crippen LogP contribution is 2.38. The Morgan fingerprint density at radius 3 is 1.24 bits per heavy atom. The number of nitrogens with one attached hydrogen (secondary N) is 4. The molecule has 0 heterocycles. The molecule has 230 valence electrons. The molecule has 0 atom stereocenters. The van der Waals surface area contributed by atoms with Gasteiger partial charge >= 0.3 is 0 Å². The third-order valence-electron chi connectivity index (χ3n) is 8.61. The zero-order chi connectivity index (χ0) is 32.3. The van der Waals surface area contributed by atoms with Gasteiger partial charge in [0.25, 0.3) is 0 Å². The second-order valence-corrected chi connectivity index (χ2v) is 11.8. The van der Waals surface area contributed by atoms with Gasteiger partial charge in [-0.25, -0.2) is 0 Å². The Morgan fingerprint density at radius 2 is 0.696 bits per heavy atom. The van der Waals surface area contributed by atoms with Crippen molar-refractivity contribution < 1.29 is 0 Å². The number of anilines is 10. The minimum Gasteiger partial charge on any atom is -0.398 e. The van der Waals surface area contributed by atoms with Crippen LogP contribution in [0.15, 0.2) is 84.9 Å². The molecule has 0 aliphatic rings. The summed E-state index contributed by atoms with van der Waals surface area (Å²) >= 11 is 0. The van der Waals surface area contributed by atoms with Gasteiger partial charge in [-0.15, -0.1) is 0 Å². The Balaban J connectivity index is 1.13. The molecule has 10 nitrogen and oxygen atoms in total. The molecule has 0 aromatic heterocycles. The number of benzene rings is 7. The fraction of sp³-hybridized carbons (Fsp3) is 0.0556. The minimum atomic E-state index is 0.565. The maximum Gasteiger partial charge on any atom is 0.0775 e. The van der Waals surface area contributed by atoms with Gasteiger partial charge in [-0.3, -0.25) is 5.43 Å². The summed E-state index contributed by atoms with van der Waals surface area (Å²) in [4.78, 5) is 0. The van der Waals surface area contributed by atoms with Crippen LogP contribution in [0.4, 0.5) is 56.9 Å². The van der Waals surface area contributed by atoms with E-state index in [4.69, 9.17) is 34.4 Å². The number of hydrogen-bond donors (Lipinski definition) is 10. The van der Waals surface area contributed by atoms with Gasteiger partial charge in [0.1, 0.15) is 0 Å². The third-order valence-corrected chi connectivity index (χ3v) is 8.61. The number of hydrazine groups is 2. The zero-order valence-corrected chi connectivity index (χ0v) is 25.5. The van der Waals surface area contributed by atoms with E-state index in [9.17, 15) is 0 Å². The van der Waals surface area contributed by atoms with Crippen molar-refractivity contribution in [2.75, 3.05) is 56.1 Å². The third kappa shape index (κ3) is 4.87. The molecule has 0 aliphatic carbocycles. The predicted octanol–water partition coefficient (Wildman–Crippen LogP) is 7.29. The minimum absolute atomic E-state index is 0.565. The Labute approximate surface area is 265 Å². The number of hydrogen-bond acceptors (Lipinski definition) is 10. The molecule has 0 fully saturated rings. The molecular weight excluding hydrogens is 572 g/mol. The van der Waals surface area contributed by atoms with Crippen LogP contribution in [-0.2, 0) is 0 Å². The second-order valence-electron chi connectivity index (χ2n) is 11.8. The molecule has 7 rings (SSSR count). The number of nitrogens with two attached hydrogens (primary N) is 6. The summed E-state index contributed by atoms with van der Waals surface area (Å²) in [6.07, 6.45) is 0. The van der Waals surface area contributed by atoms with Crippen molar-refractivity contribution in [1.82, 2.24) is 0 Å². The van der Waals surface area contributed by atoms with E-state index in [2.05, 4.69) is 71.9 Å². The average Bonchev–Trinajstić information content (AvgIpc) is 3.01. The summed E-state index contributed by atoms with van der Waals surface area (Å²) < 4.78 is 0. The van der Waals surface area contributed by atoms with Crippen LogP contribution < -0.4 is 56.1 Å². The van der Waals surface area contributed by atoms with Crippen LogP contribution in [0.25, 0.3) is 43.1 Å². The first-order chi connectivity index (χ1) is 22.0. The lowest BCUT2D eigenvalue weighted by atomic mass is 10.0. The molecule has 0 bridgehead atoms. The lowest BCUT2D eigenvalue weighted by molar-refractivity contribution is 1.36. The summed E-state index contributed by atoms with van der Waals surface area (Å²) in [5, 5.41) is 7.77. The highest BCUT2D eigenvalue weighted by atomic mass is 15.4. The molecule has 0 spiro atoms. The van der Waals surface area contributed by atoms with Crippen LogP contribution >= 0.6 is 0 Å². The number of fused-ring (bicyclic) bond motifs is 4. The average molecular weight is 609 g/mol. The first kappa shape index (κ1) is 28.4. The zero-order valence-electron chi connectivity index (χ0n) is 25.5. The topological polar surface area (TPSA) is 204 Å². The van der Waals surface area contributed by atoms with E-state index in [1.54, 1.807) is 12.1 Å². The van der Waals surface area contributed by atoms with E-state index in [1.165, 1.54) is 0 Å². The lowest BCUT2D eigenvalue weighted by Gasteiger charge is -2.18. The van der Waals surface area contributed by atoms with Crippen LogP contribution in [0.3, 0.4) is 0 Å². The highest BCUT2D eigenvalue weighted by molar-refractivity contribution is 6.13. The molecule has 0 aliphatic heterocycles. The summed E-state index contributed by atoms with van der Waals surface area (Å²) in [6.45, 7) is 4.12. The van der Waals surface area contributed by atoms with Gasteiger partial charge in [-0.1, -0.05) is 0 Å².